The normalized spacial score (nSPS) is 17.8. The number of carbonyl (C=O) groups is 1. The molecule has 0 saturated carbocycles. The van der Waals surface area contributed by atoms with E-state index < -0.39 is 0 Å². The van der Waals surface area contributed by atoms with Crippen molar-refractivity contribution in [3.8, 4) is 0 Å². The van der Waals surface area contributed by atoms with Gasteiger partial charge in [0, 0.05) is 11.4 Å². The third kappa shape index (κ3) is 3.37. The highest BCUT2D eigenvalue weighted by Gasteiger charge is 2.25. The Hall–Kier alpha value is -1.31. The molecule has 0 bridgehead atoms. The Morgan fingerprint density at radius 1 is 1.32 bits per heavy atom. The maximum absolute atomic E-state index is 12.9. The molecule has 5 nitrogen and oxygen atoms in total. The van der Waals surface area contributed by atoms with Crippen LogP contribution in [0.2, 0.25) is 0 Å². The molecule has 1 saturated heterocycles. The van der Waals surface area contributed by atoms with E-state index in [2.05, 4.69) is 15.3 Å². The van der Waals surface area contributed by atoms with Crippen molar-refractivity contribution in [3.05, 3.63) is 32.2 Å². The van der Waals surface area contributed by atoms with Crippen LogP contribution in [0.5, 0.6) is 0 Å². The third-order valence-electron chi connectivity index (χ3n) is 4.05. The summed E-state index contributed by atoms with van der Waals surface area (Å²) in [4.78, 5) is 25.3. The van der Waals surface area contributed by atoms with Crippen LogP contribution in [0.15, 0.2) is 11.0 Å². The Labute approximate surface area is 138 Å². The summed E-state index contributed by atoms with van der Waals surface area (Å²) < 4.78 is 0. The van der Waals surface area contributed by atoms with E-state index in [4.69, 9.17) is 0 Å². The zero-order chi connectivity index (χ0) is 15.5. The monoisotopic (exact) mass is 336 g/mol. The molecule has 1 unspecified atom stereocenters. The van der Waals surface area contributed by atoms with Gasteiger partial charge in [0.2, 0.25) is 0 Å². The fourth-order valence-electron chi connectivity index (χ4n) is 2.70. The highest BCUT2D eigenvalue weighted by molar-refractivity contribution is 7.12. The molecular weight excluding hydrogens is 316 g/mol. The number of nitrogens with one attached hydrogen (secondary N) is 1. The number of aromatic nitrogens is 2. The fourth-order valence-corrected chi connectivity index (χ4v) is 4.26. The molecule has 1 fully saturated rings. The smallest absolute Gasteiger partial charge is 0.266 e. The van der Waals surface area contributed by atoms with Crippen LogP contribution >= 0.6 is 22.7 Å². The van der Waals surface area contributed by atoms with Gasteiger partial charge < -0.3 is 10.2 Å². The Morgan fingerprint density at radius 2 is 2.09 bits per heavy atom. The van der Waals surface area contributed by atoms with Crippen LogP contribution in [0, 0.1) is 19.8 Å². The zero-order valence-corrected chi connectivity index (χ0v) is 14.5. The molecular formula is C15H20N4OS2. The molecule has 0 aromatic carbocycles. The second kappa shape index (κ2) is 6.85. The number of hydrogen-bond donors (Lipinski definition) is 1. The number of amides is 1. The van der Waals surface area contributed by atoms with Gasteiger partial charge in [0.15, 0.2) is 0 Å². The maximum atomic E-state index is 12.9. The van der Waals surface area contributed by atoms with Gasteiger partial charge in [-0.05, 0) is 39.3 Å². The van der Waals surface area contributed by atoms with E-state index in [0.717, 1.165) is 42.3 Å². The van der Waals surface area contributed by atoms with Crippen LogP contribution in [-0.4, -0.2) is 40.4 Å². The van der Waals surface area contributed by atoms with Crippen molar-refractivity contribution in [1.29, 1.82) is 0 Å². The van der Waals surface area contributed by atoms with Crippen molar-refractivity contribution in [2.24, 2.45) is 5.92 Å². The van der Waals surface area contributed by atoms with Crippen LogP contribution < -0.4 is 5.32 Å². The van der Waals surface area contributed by atoms with Crippen LogP contribution in [0.1, 0.15) is 32.4 Å². The quantitative estimate of drug-likeness (QED) is 0.911. The Balaban J connectivity index is 1.80. The highest BCUT2D eigenvalue weighted by Crippen LogP contribution is 2.22. The minimum Gasteiger partial charge on any atom is -0.332 e. The molecule has 7 heteroatoms. The number of aryl methyl sites for hydroxylation is 2. The van der Waals surface area contributed by atoms with Gasteiger partial charge in [0.25, 0.3) is 5.91 Å². The van der Waals surface area contributed by atoms with Crippen molar-refractivity contribution in [3.63, 3.8) is 0 Å². The lowest BCUT2D eigenvalue weighted by Gasteiger charge is -2.25. The van der Waals surface area contributed by atoms with Crippen LogP contribution in [0.4, 0.5) is 0 Å². The summed E-state index contributed by atoms with van der Waals surface area (Å²) in [6.07, 6.45) is 1.13. The summed E-state index contributed by atoms with van der Waals surface area (Å²) in [5.41, 5.74) is 5.44. The highest BCUT2D eigenvalue weighted by atomic mass is 32.1. The van der Waals surface area contributed by atoms with Crippen molar-refractivity contribution in [2.45, 2.75) is 26.8 Å². The molecule has 1 amide bonds. The summed E-state index contributed by atoms with van der Waals surface area (Å²) in [6, 6.07) is 0. The summed E-state index contributed by atoms with van der Waals surface area (Å²) in [6.45, 7) is 7.38. The molecule has 1 aliphatic heterocycles. The van der Waals surface area contributed by atoms with E-state index in [9.17, 15) is 4.79 Å². The zero-order valence-electron chi connectivity index (χ0n) is 12.8. The van der Waals surface area contributed by atoms with Gasteiger partial charge in [-0.15, -0.1) is 22.7 Å². The Bertz CT molecular complexity index is 646. The molecule has 3 rings (SSSR count). The number of rotatable bonds is 5. The van der Waals surface area contributed by atoms with Gasteiger partial charge in [-0.3, -0.25) is 4.79 Å². The van der Waals surface area contributed by atoms with Crippen LogP contribution in [0.3, 0.4) is 0 Å². The van der Waals surface area contributed by atoms with E-state index in [1.165, 1.54) is 16.2 Å². The van der Waals surface area contributed by atoms with Crippen molar-refractivity contribution in [1.82, 2.24) is 20.2 Å². The maximum Gasteiger partial charge on any atom is 0.266 e. The standard InChI is InChI=1S/C15H20N4OS2/c1-10-13(21-8-17-10)7-19(6-12-3-4-16-5-12)15(20)14-11(2)18-9-22-14/h8-9,12,16H,3-7H2,1-2H3. The van der Waals surface area contributed by atoms with E-state index in [1.807, 2.05) is 24.3 Å². The van der Waals surface area contributed by atoms with E-state index in [0.29, 0.717) is 12.5 Å². The summed E-state index contributed by atoms with van der Waals surface area (Å²) in [5.74, 6) is 0.630. The summed E-state index contributed by atoms with van der Waals surface area (Å²) in [5, 5.41) is 3.38. The van der Waals surface area contributed by atoms with Crippen molar-refractivity contribution < 1.29 is 4.79 Å². The number of thiazole rings is 2. The second-order valence-corrected chi connectivity index (χ2v) is 7.47. The first kappa shape index (κ1) is 15.6. The van der Waals surface area contributed by atoms with Gasteiger partial charge in [0.05, 0.1) is 29.0 Å². The van der Waals surface area contributed by atoms with E-state index in [-0.39, 0.29) is 5.91 Å². The molecule has 1 atom stereocenters. The predicted octanol–water partition coefficient (Wildman–Crippen LogP) is 2.47. The van der Waals surface area contributed by atoms with Gasteiger partial charge >= 0.3 is 0 Å². The van der Waals surface area contributed by atoms with Gasteiger partial charge in [-0.2, -0.15) is 0 Å². The van der Waals surface area contributed by atoms with Gasteiger partial charge in [-0.25, -0.2) is 9.97 Å². The minimum atomic E-state index is 0.0969. The molecule has 0 spiro atoms. The van der Waals surface area contributed by atoms with Crippen LogP contribution in [0.25, 0.3) is 0 Å². The van der Waals surface area contributed by atoms with Gasteiger partial charge in [-0.1, -0.05) is 0 Å². The van der Waals surface area contributed by atoms with E-state index in [1.54, 1.807) is 16.8 Å². The Morgan fingerprint density at radius 3 is 2.68 bits per heavy atom. The molecule has 1 aliphatic rings. The molecule has 0 aliphatic carbocycles. The number of hydrogen-bond acceptors (Lipinski definition) is 6. The minimum absolute atomic E-state index is 0.0969. The average Bonchev–Trinajstić information content (AvgIpc) is 3.22. The fraction of sp³-hybridized carbons (Fsp3) is 0.533. The van der Waals surface area contributed by atoms with E-state index >= 15 is 0 Å². The predicted molar refractivity (Wildman–Crippen MR) is 89.4 cm³/mol. The number of carbonyl (C=O) groups excluding carboxylic acids is 1. The number of nitrogens with zero attached hydrogens (tertiary/aromatic N) is 3. The first-order valence-corrected chi connectivity index (χ1v) is 9.20. The lowest BCUT2D eigenvalue weighted by atomic mass is 10.1. The van der Waals surface area contributed by atoms with Crippen molar-refractivity contribution >= 4 is 28.6 Å². The molecule has 22 heavy (non-hydrogen) atoms. The molecule has 118 valence electrons. The first-order chi connectivity index (χ1) is 10.6. The molecule has 2 aromatic heterocycles. The first-order valence-electron chi connectivity index (χ1n) is 7.44. The molecule has 0 radical (unpaired) electrons. The van der Waals surface area contributed by atoms with Crippen LogP contribution in [-0.2, 0) is 6.54 Å². The Kier molecular flexibility index (Phi) is 4.85. The largest absolute Gasteiger partial charge is 0.332 e. The SMILES string of the molecule is Cc1ncsc1CN(CC1CCNC1)C(=O)c1scnc1C. The van der Waals surface area contributed by atoms with Gasteiger partial charge in [0.1, 0.15) is 4.88 Å². The molecule has 2 aromatic rings. The molecule has 3 heterocycles. The average molecular weight is 336 g/mol. The second-order valence-electron chi connectivity index (χ2n) is 5.67. The topological polar surface area (TPSA) is 58.1 Å². The third-order valence-corrected chi connectivity index (χ3v) is 5.88. The lowest BCUT2D eigenvalue weighted by Crippen LogP contribution is -2.35. The summed E-state index contributed by atoms with van der Waals surface area (Å²) >= 11 is 3.05. The molecule has 1 N–H and O–H groups in total. The lowest BCUT2D eigenvalue weighted by molar-refractivity contribution is 0.0724. The van der Waals surface area contributed by atoms with Crippen molar-refractivity contribution in [2.75, 3.05) is 19.6 Å². The summed E-state index contributed by atoms with van der Waals surface area (Å²) in [7, 11) is 0.